The van der Waals surface area contributed by atoms with Crippen molar-refractivity contribution in [2.24, 2.45) is 0 Å². The third kappa shape index (κ3) is 4.80. The Labute approximate surface area is 201 Å². The van der Waals surface area contributed by atoms with Gasteiger partial charge in [0.2, 0.25) is 5.91 Å². The van der Waals surface area contributed by atoms with Gasteiger partial charge in [-0.25, -0.2) is 8.42 Å². The number of rotatable bonds is 7. The van der Waals surface area contributed by atoms with Crippen LogP contribution in [0.1, 0.15) is 29.2 Å². The minimum absolute atomic E-state index is 0.0476. The van der Waals surface area contributed by atoms with Crippen LogP contribution in [0.25, 0.3) is 0 Å². The molecule has 1 aliphatic rings. The van der Waals surface area contributed by atoms with Gasteiger partial charge in [-0.1, -0.05) is 49.4 Å². The number of ether oxygens (including phenoxy) is 1. The van der Waals surface area contributed by atoms with Gasteiger partial charge in [-0.15, -0.1) is 0 Å². The molecule has 3 aromatic rings. The molecule has 0 aromatic heterocycles. The Morgan fingerprint density at radius 3 is 2.41 bits per heavy atom. The number of anilines is 1. The first-order valence-electron chi connectivity index (χ1n) is 11.4. The highest BCUT2D eigenvalue weighted by atomic mass is 32.2. The number of amides is 1. The fourth-order valence-electron chi connectivity index (χ4n) is 4.25. The van der Waals surface area contributed by atoms with E-state index in [1.54, 1.807) is 35.2 Å². The monoisotopic (exact) mass is 478 g/mol. The molecule has 1 heterocycles. The summed E-state index contributed by atoms with van der Waals surface area (Å²) >= 11 is 0. The van der Waals surface area contributed by atoms with Crippen molar-refractivity contribution >= 4 is 21.6 Å². The van der Waals surface area contributed by atoms with Crippen LogP contribution >= 0.6 is 0 Å². The third-order valence-electron chi connectivity index (χ3n) is 6.28. The maximum Gasteiger partial charge on any atom is 0.268 e. The van der Waals surface area contributed by atoms with E-state index in [-0.39, 0.29) is 23.1 Å². The minimum Gasteiger partial charge on any atom is -0.495 e. The number of fused-ring (bicyclic) bond motifs is 1. The largest absolute Gasteiger partial charge is 0.495 e. The molecule has 0 saturated heterocycles. The van der Waals surface area contributed by atoms with Crippen molar-refractivity contribution in [3.05, 3.63) is 89.0 Å². The van der Waals surface area contributed by atoms with E-state index in [0.717, 1.165) is 29.5 Å². The Morgan fingerprint density at radius 2 is 1.74 bits per heavy atom. The van der Waals surface area contributed by atoms with E-state index < -0.39 is 10.0 Å². The summed E-state index contributed by atoms with van der Waals surface area (Å²) in [4.78, 5) is 15.2. The molecule has 0 radical (unpaired) electrons. The van der Waals surface area contributed by atoms with Crippen LogP contribution in [0.5, 0.6) is 5.75 Å². The minimum atomic E-state index is -4.07. The van der Waals surface area contributed by atoms with Gasteiger partial charge in [-0.05, 0) is 66.3 Å². The smallest absolute Gasteiger partial charge is 0.268 e. The van der Waals surface area contributed by atoms with E-state index in [4.69, 9.17) is 4.74 Å². The van der Waals surface area contributed by atoms with E-state index in [2.05, 4.69) is 6.07 Å². The second-order valence-electron chi connectivity index (χ2n) is 8.52. The molecule has 178 valence electrons. The lowest BCUT2D eigenvalue weighted by Crippen LogP contribution is -2.44. The topological polar surface area (TPSA) is 66.9 Å². The average Bonchev–Trinajstić information content (AvgIpc) is 2.86. The van der Waals surface area contributed by atoms with Crippen molar-refractivity contribution < 1.29 is 17.9 Å². The molecule has 4 rings (SSSR count). The van der Waals surface area contributed by atoms with Crippen LogP contribution in [0, 0.1) is 6.92 Å². The van der Waals surface area contributed by atoms with Crippen molar-refractivity contribution in [3.8, 4) is 5.75 Å². The fraction of sp³-hybridized carbons (Fsp3) is 0.296. The van der Waals surface area contributed by atoms with Gasteiger partial charge in [0, 0.05) is 13.1 Å². The number of hydrogen-bond acceptors (Lipinski definition) is 4. The summed E-state index contributed by atoms with van der Waals surface area (Å²) in [5, 5.41) is 0. The molecule has 0 unspecified atom stereocenters. The Hall–Kier alpha value is -3.32. The molecule has 6 nitrogen and oxygen atoms in total. The third-order valence-corrected chi connectivity index (χ3v) is 8.08. The maximum absolute atomic E-state index is 13.9. The van der Waals surface area contributed by atoms with Crippen LogP contribution in [0.2, 0.25) is 0 Å². The number of carbonyl (C=O) groups is 1. The molecule has 0 saturated carbocycles. The molecule has 0 aliphatic carbocycles. The van der Waals surface area contributed by atoms with Gasteiger partial charge >= 0.3 is 0 Å². The Morgan fingerprint density at radius 1 is 1.03 bits per heavy atom. The SMILES string of the molecule is CCc1ccc(N(CC(=O)N2CCc3ccccc3C2)S(=O)(=O)c2cc(C)ccc2OC)cc1. The molecule has 34 heavy (non-hydrogen) atoms. The zero-order valence-corrected chi connectivity index (χ0v) is 20.6. The van der Waals surface area contributed by atoms with Crippen LogP contribution in [0.4, 0.5) is 5.69 Å². The number of hydrogen-bond donors (Lipinski definition) is 0. The summed E-state index contributed by atoms with van der Waals surface area (Å²) in [5.74, 6) is 0.0180. The predicted octanol–water partition coefficient (Wildman–Crippen LogP) is 4.35. The quantitative estimate of drug-likeness (QED) is 0.507. The summed E-state index contributed by atoms with van der Waals surface area (Å²) in [6.45, 7) is 4.62. The Bertz CT molecular complexity index is 1290. The van der Waals surface area contributed by atoms with Crippen LogP contribution in [-0.4, -0.2) is 39.4 Å². The first-order valence-corrected chi connectivity index (χ1v) is 12.9. The van der Waals surface area contributed by atoms with Crippen molar-refractivity contribution in [1.29, 1.82) is 0 Å². The maximum atomic E-state index is 13.9. The first kappa shape index (κ1) is 23.8. The molecule has 3 aromatic carbocycles. The first-order chi connectivity index (χ1) is 16.3. The average molecular weight is 479 g/mol. The molecule has 7 heteroatoms. The number of methoxy groups -OCH3 is 1. The van der Waals surface area contributed by atoms with Crippen LogP contribution < -0.4 is 9.04 Å². The van der Waals surface area contributed by atoms with E-state index in [1.165, 1.54) is 17.0 Å². The lowest BCUT2D eigenvalue weighted by atomic mass is 10.00. The molecular weight excluding hydrogens is 448 g/mol. The van der Waals surface area contributed by atoms with Crippen LogP contribution in [-0.2, 0) is 34.2 Å². The lowest BCUT2D eigenvalue weighted by molar-refractivity contribution is -0.130. The van der Waals surface area contributed by atoms with Crippen molar-refractivity contribution in [2.75, 3.05) is 24.5 Å². The van der Waals surface area contributed by atoms with Gasteiger partial charge < -0.3 is 9.64 Å². The number of aryl methyl sites for hydroxylation is 2. The van der Waals surface area contributed by atoms with Crippen molar-refractivity contribution in [1.82, 2.24) is 4.90 Å². The molecule has 0 N–H and O–H groups in total. The van der Waals surface area contributed by atoms with Crippen LogP contribution in [0.15, 0.2) is 71.6 Å². The molecular formula is C27H30N2O4S. The number of carbonyl (C=O) groups excluding carboxylic acids is 1. The molecule has 0 bridgehead atoms. The van der Waals surface area contributed by atoms with Crippen LogP contribution in [0.3, 0.4) is 0 Å². The van der Waals surface area contributed by atoms with E-state index in [9.17, 15) is 13.2 Å². The van der Waals surface area contributed by atoms with Gasteiger partial charge in [-0.2, -0.15) is 0 Å². The van der Waals surface area contributed by atoms with Crippen molar-refractivity contribution in [3.63, 3.8) is 0 Å². The van der Waals surface area contributed by atoms with Crippen molar-refractivity contribution in [2.45, 2.75) is 38.1 Å². The summed E-state index contributed by atoms with van der Waals surface area (Å²) in [5.41, 5.74) is 4.67. The summed E-state index contributed by atoms with van der Waals surface area (Å²) in [6.07, 6.45) is 1.59. The zero-order chi connectivity index (χ0) is 24.3. The summed E-state index contributed by atoms with van der Waals surface area (Å²) in [7, 11) is -2.63. The second kappa shape index (κ2) is 9.89. The Kier molecular flexibility index (Phi) is 6.93. The van der Waals surface area contributed by atoms with Gasteiger partial charge in [0.1, 0.15) is 17.2 Å². The standard InChI is InChI=1S/C27H30N2O4S/c1-4-21-10-12-24(13-11-21)29(34(31,32)26-17-20(2)9-14-25(26)33-3)19-27(30)28-16-15-22-7-5-6-8-23(22)18-28/h5-14,17H,4,15-16,18-19H2,1-3H3. The number of nitrogens with zero attached hydrogens (tertiary/aromatic N) is 2. The highest BCUT2D eigenvalue weighted by molar-refractivity contribution is 7.93. The highest BCUT2D eigenvalue weighted by Gasteiger charge is 2.32. The van der Waals surface area contributed by atoms with Gasteiger partial charge in [-0.3, -0.25) is 9.10 Å². The highest BCUT2D eigenvalue weighted by Crippen LogP contribution is 2.31. The number of benzene rings is 3. The zero-order valence-electron chi connectivity index (χ0n) is 19.8. The van der Waals surface area contributed by atoms with E-state index in [1.807, 2.05) is 44.2 Å². The molecule has 0 spiro atoms. The predicted molar refractivity (Wildman–Crippen MR) is 134 cm³/mol. The molecule has 0 fully saturated rings. The lowest BCUT2D eigenvalue weighted by Gasteiger charge is -2.32. The molecule has 1 amide bonds. The summed E-state index contributed by atoms with van der Waals surface area (Å²) in [6, 6.07) is 20.4. The summed E-state index contributed by atoms with van der Waals surface area (Å²) < 4.78 is 34.4. The second-order valence-corrected chi connectivity index (χ2v) is 10.4. The molecule has 1 aliphatic heterocycles. The van der Waals surface area contributed by atoms with Gasteiger partial charge in [0.15, 0.2) is 0 Å². The van der Waals surface area contributed by atoms with E-state index >= 15 is 0 Å². The van der Waals surface area contributed by atoms with Gasteiger partial charge in [0.25, 0.3) is 10.0 Å². The number of sulfonamides is 1. The fourth-order valence-corrected chi connectivity index (χ4v) is 5.91. The molecule has 0 atom stereocenters. The van der Waals surface area contributed by atoms with Gasteiger partial charge in [0.05, 0.1) is 12.8 Å². The Balaban J connectivity index is 1.70. The normalized spacial score (nSPS) is 13.3. The van der Waals surface area contributed by atoms with E-state index in [0.29, 0.717) is 18.8 Å².